The van der Waals surface area contributed by atoms with Crippen LogP contribution in [0.1, 0.15) is 6.42 Å². The lowest BCUT2D eigenvalue weighted by molar-refractivity contribution is -0.383. The van der Waals surface area contributed by atoms with E-state index >= 15 is 0 Å². The van der Waals surface area contributed by atoms with Gasteiger partial charge in [-0.3, -0.25) is 24.5 Å². The third kappa shape index (κ3) is 4.72. The molecule has 1 aliphatic rings. The summed E-state index contributed by atoms with van der Waals surface area (Å²) in [6, 6.07) is 12.8. The van der Waals surface area contributed by atoms with E-state index in [9.17, 15) is 24.5 Å². The molecule has 1 saturated heterocycles. The summed E-state index contributed by atoms with van der Waals surface area (Å²) in [5, 5.41) is 13.5. The minimum absolute atomic E-state index is 0.0172. The molecule has 30 heavy (non-hydrogen) atoms. The largest absolute Gasteiger partial charge is 0.497 e. The molecule has 2 amide bonds. The molecule has 10 nitrogen and oxygen atoms in total. The summed E-state index contributed by atoms with van der Waals surface area (Å²) in [4.78, 5) is 48.6. The first-order chi connectivity index (χ1) is 14.4. The van der Waals surface area contributed by atoms with Crippen LogP contribution in [0, 0.1) is 16.0 Å². The van der Waals surface area contributed by atoms with Crippen molar-refractivity contribution in [3.05, 3.63) is 58.6 Å². The molecular formula is C20H19N3O7. The molecule has 0 radical (unpaired) electrons. The molecule has 2 aromatic rings. The van der Waals surface area contributed by atoms with Crippen LogP contribution in [0.5, 0.6) is 5.75 Å². The van der Waals surface area contributed by atoms with Crippen LogP contribution in [-0.4, -0.2) is 43.0 Å². The first kappa shape index (κ1) is 20.8. The van der Waals surface area contributed by atoms with Crippen molar-refractivity contribution in [2.24, 2.45) is 5.92 Å². The molecule has 0 saturated carbocycles. The maximum atomic E-state index is 12.3. The van der Waals surface area contributed by atoms with E-state index in [4.69, 9.17) is 9.47 Å². The van der Waals surface area contributed by atoms with Crippen LogP contribution in [0.15, 0.2) is 48.5 Å². The fraction of sp³-hybridized carbons (Fsp3) is 0.250. The zero-order valence-electron chi connectivity index (χ0n) is 16.1. The predicted octanol–water partition coefficient (Wildman–Crippen LogP) is 2.14. The highest BCUT2D eigenvalue weighted by molar-refractivity contribution is 6.00. The molecule has 10 heteroatoms. The smallest absolute Gasteiger partial charge is 0.311 e. The molecular weight excluding hydrogens is 394 g/mol. The maximum absolute atomic E-state index is 12.3. The normalized spacial score (nSPS) is 15.6. The number of methoxy groups -OCH3 is 1. The molecule has 0 unspecified atom stereocenters. The van der Waals surface area contributed by atoms with Gasteiger partial charge in [-0.2, -0.15) is 0 Å². The minimum Gasteiger partial charge on any atom is -0.497 e. The van der Waals surface area contributed by atoms with Crippen molar-refractivity contribution < 1.29 is 28.8 Å². The van der Waals surface area contributed by atoms with Crippen LogP contribution < -0.4 is 15.0 Å². The zero-order valence-corrected chi connectivity index (χ0v) is 16.1. The van der Waals surface area contributed by atoms with Crippen LogP contribution >= 0.6 is 0 Å². The second kappa shape index (κ2) is 9.03. The number of benzene rings is 2. The highest BCUT2D eigenvalue weighted by atomic mass is 16.6. The number of carbonyl (C=O) groups excluding carboxylic acids is 3. The van der Waals surface area contributed by atoms with Gasteiger partial charge in [-0.1, -0.05) is 18.2 Å². The number of nitrogens with zero attached hydrogens (tertiary/aromatic N) is 2. The van der Waals surface area contributed by atoms with Gasteiger partial charge < -0.3 is 19.7 Å². The van der Waals surface area contributed by atoms with Gasteiger partial charge in [0.1, 0.15) is 11.4 Å². The third-order valence-electron chi connectivity index (χ3n) is 4.55. The van der Waals surface area contributed by atoms with Crippen molar-refractivity contribution >= 4 is 34.8 Å². The molecule has 1 atom stereocenters. The Morgan fingerprint density at radius 2 is 1.97 bits per heavy atom. The Morgan fingerprint density at radius 3 is 2.63 bits per heavy atom. The minimum atomic E-state index is -0.746. The molecule has 2 aromatic carbocycles. The summed E-state index contributed by atoms with van der Waals surface area (Å²) in [6.45, 7) is -0.478. The molecule has 0 bridgehead atoms. The van der Waals surface area contributed by atoms with E-state index in [1.54, 1.807) is 24.3 Å². The highest BCUT2D eigenvalue weighted by Gasteiger charge is 2.36. The Bertz CT molecular complexity index is 978. The number of nitrogens with one attached hydrogen (secondary N) is 1. The summed E-state index contributed by atoms with van der Waals surface area (Å²) in [5.74, 6) is -2.02. The maximum Gasteiger partial charge on any atom is 0.311 e. The van der Waals surface area contributed by atoms with Crippen LogP contribution in [0.25, 0.3) is 0 Å². The number of nitro benzene ring substituents is 1. The van der Waals surface area contributed by atoms with Crippen LogP contribution in [0.3, 0.4) is 0 Å². The predicted molar refractivity (Wildman–Crippen MR) is 106 cm³/mol. The van der Waals surface area contributed by atoms with Crippen molar-refractivity contribution in [1.29, 1.82) is 0 Å². The van der Waals surface area contributed by atoms with Gasteiger partial charge in [-0.15, -0.1) is 0 Å². The van der Waals surface area contributed by atoms with Crippen molar-refractivity contribution in [2.45, 2.75) is 6.42 Å². The molecule has 1 aliphatic heterocycles. The fourth-order valence-corrected chi connectivity index (χ4v) is 3.07. The lowest BCUT2D eigenvalue weighted by atomic mass is 10.1. The summed E-state index contributed by atoms with van der Waals surface area (Å²) in [6.07, 6.45) is -0.0172. The summed E-state index contributed by atoms with van der Waals surface area (Å²) in [5.41, 5.74) is 0.281. The van der Waals surface area contributed by atoms with E-state index in [0.29, 0.717) is 11.4 Å². The van der Waals surface area contributed by atoms with Crippen molar-refractivity contribution in [3.8, 4) is 5.75 Å². The number of amides is 2. The number of rotatable bonds is 7. The quantitative estimate of drug-likeness (QED) is 0.418. The fourth-order valence-electron chi connectivity index (χ4n) is 3.07. The van der Waals surface area contributed by atoms with Gasteiger partial charge in [0.05, 0.1) is 18.0 Å². The van der Waals surface area contributed by atoms with E-state index in [1.807, 2.05) is 6.07 Å². The number of hydrogen-bond acceptors (Lipinski definition) is 7. The summed E-state index contributed by atoms with van der Waals surface area (Å²) in [7, 11) is 1.39. The number of nitro groups is 1. The molecule has 1 fully saturated rings. The average molecular weight is 413 g/mol. The van der Waals surface area contributed by atoms with Crippen LogP contribution in [0.2, 0.25) is 0 Å². The van der Waals surface area contributed by atoms with Gasteiger partial charge in [0.25, 0.3) is 11.6 Å². The number of para-hydroxylation sites is 1. The standard InChI is InChI=1S/C20H19N3O7/c1-29-15-7-8-17(23(27)28)16(10-15)21-18(24)12-30-20(26)13-9-19(25)22(11-13)14-5-3-2-4-6-14/h2-8,10,13H,9,11-12H2,1H3,(H,21,24)/t13-/m0/s1. The molecule has 3 rings (SSSR count). The van der Waals surface area contributed by atoms with Gasteiger partial charge >= 0.3 is 5.97 Å². The Balaban J connectivity index is 1.57. The Morgan fingerprint density at radius 1 is 1.23 bits per heavy atom. The van der Waals surface area contributed by atoms with Gasteiger partial charge in [-0.05, 0) is 18.2 Å². The lowest BCUT2D eigenvalue weighted by Gasteiger charge is -2.16. The number of anilines is 2. The molecule has 0 spiro atoms. The van der Waals surface area contributed by atoms with Crippen molar-refractivity contribution in [1.82, 2.24) is 0 Å². The monoisotopic (exact) mass is 413 g/mol. The second-order valence-electron chi connectivity index (χ2n) is 6.54. The first-order valence-electron chi connectivity index (χ1n) is 9.03. The summed E-state index contributed by atoms with van der Waals surface area (Å²) >= 11 is 0. The Labute approximate surface area is 171 Å². The number of ether oxygens (including phenoxy) is 2. The highest BCUT2D eigenvalue weighted by Crippen LogP contribution is 2.29. The Kier molecular flexibility index (Phi) is 6.26. The number of esters is 1. The summed E-state index contributed by atoms with van der Waals surface area (Å²) < 4.78 is 10.0. The second-order valence-corrected chi connectivity index (χ2v) is 6.54. The molecule has 0 aromatic heterocycles. The van der Waals surface area contributed by atoms with E-state index in [1.165, 1.54) is 30.2 Å². The molecule has 1 heterocycles. The number of hydrogen-bond donors (Lipinski definition) is 1. The van der Waals surface area contributed by atoms with Gasteiger partial charge in [-0.25, -0.2) is 0 Å². The van der Waals surface area contributed by atoms with Gasteiger partial charge in [0.15, 0.2) is 6.61 Å². The lowest BCUT2D eigenvalue weighted by Crippen LogP contribution is -2.28. The van der Waals surface area contributed by atoms with Crippen molar-refractivity contribution in [3.63, 3.8) is 0 Å². The van der Waals surface area contributed by atoms with E-state index in [0.717, 1.165) is 0 Å². The first-order valence-corrected chi connectivity index (χ1v) is 9.03. The zero-order chi connectivity index (χ0) is 21.7. The number of carbonyl (C=O) groups is 3. The molecule has 156 valence electrons. The van der Waals surface area contributed by atoms with E-state index < -0.39 is 29.3 Å². The Hall–Kier alpha value is -3.95. The van der Waals surface area contributed by atoms with Crippen LogP contribution in [0.4, 0.5) is 17.1 Å². The van der Waals surface area contributed by atoms with Crippen molar-refractivity contribution in [2.75, 3.05) is 30.5 Å². The topological polar surface area (TPSA) is 128 Å². The van der Waals surface area contributed by atoms with Gasteiger partial charge in [0.2, 0.25) is 5.91 Å². The average Bonchev–Trinajstić information content (AvgIpc) is 3.14. The third-order valence-corrected chi connectivity index (χ3v) is 4.55. The van der Waals surface area contributed by atoms with Crippen LogP contribution in [-0.2, 0) is 19.1 Å². The molecule has 0 aliphatic carbocycles. The SMILES string of the molecule is COc1ccc([N+](=O)[O-])c(NC(=O)COC(=O)[C@H]2CC(=O)N(c3ccccc3)C2)c1. The molecule has 1 N–H and O–H groups in total. The van der Waals surface area contributed by atoms with Gasteiger partial charge in [0, 0.05) is 30.8 Å². The van der Waals surface area contributed by atoms with E-state index in [-0.39, 0.29) is 30.2 Å². The van der Waals surface area contributed by atoms with E-state index in [2.05, 4.69) is 5.32 Å².